The maximum atomic E-state index is 5.46. The van der Waals surface area contributed by atoms with Crippen LogP contribution in [0.15, 0.2) is 0 Å². The monoisotopic (exact) mass is 277 g/mol. The molecule has 2 fully saturated rings. The van der Waals surface area contributed by atoms with Crippen LogP contribution in [0.1, 0.15) is 39.0 Å². The largest absolute Gasteiger partial charge is 0.464 e. The summed E-state index contributed by atoms with van der Waals surface area (Å²) in [5.41, 5.74) is 0. The molecule has 6 nitrogen and oxygen atoms in total. The Morgan fingerprint density at radius 1 is 1.20 bits per heavy atom. The van der Waals surface area contributed by atoms with Gasteiger partial charge in [-0.1, -0.05) is 12.8 Å². The van der Waals surface area contributed by atoms with E-state index in [1.54, 1.807) is 0 Å². The number of fused-ring (bicyclic) bond motifs is 1. The van der Waals surface area contributed by atoms with Crippen LogP contribution >= 0.6 is 0 Å². The summed E-state index contributed by atoms with van der Waals surface area (Å²) in [6, 6.07) is 1.02. The van der Waals surface area contributed by atoms with Crippen molar-refractivity contribution in [2.45, 2.75) is 45.1 Å². The molecule has 0 radical (unpaired) electrons. The molecule has 0 spiro atoms. The van der Waals surface area contributed by atoms with Crippen LogP contribution in [0.3, 0.4) is 0 Å². The second-order valence-corrected chi connectivity index (χ2v) is 5.52. The molecule has 0 aromatic carbocycles. The van der Waals surface area contributed by atoms with Gasteiger partial charge in [-0.05, 0) is 32.1 Å². The van der Waals surface area contributed by atoms with Crippen LogP contribution in [0.25, 0.3) is 0 Å². The van der Waals surface area contributed by atoms with E-state index in [0.29, 0.717) is 24.6 Å². The Morgan fingerprint density at radius 2 is 2.05 bits per heavy atom. The first kappa shape index (κ1) is 13.4. The van der Waals surface area contributed by atoms with E-state index in [2.05, 4.69) is 25.2 Å². The molecule has 2 unspecified atom stereocenters. The first-order valence-electron chi connectivity index (χ1n) is 7.65. The molecule has 20 heavy (non-hydrogen) atoms. The number of nitrogens with one attached hydrogen (secondary N) is 1. The van der Waals surface area contributed by atoms with E-state index in [9.17, 15) is 0 Å². The number of anilines is 2. The van der Waals surface area contributed by atoms with Crippen LogP contribution < -0.4 is 15.0 Å². The lowest BCUT2D eigenvalue weighted by Gasteiger charge is -2.31. The minimum Gasteiger partial charge on any atom is -0.464 e. The van der Waals surface area contributed by atoms with Gasteiger partial charge in [-0.2, -0.15) is 15.0 Å². The standard InChI is InChI=1S/C14H23N5O/c1-3-20-14-17-12(15-2)16-13(18-14)19-9-8-10-6-4-5-7-11(10)19/h10-11H,3-9H2,1-2H3,(H,15,16,17,18). The SMILES string of the molecule is CCOc1nc(NC)nc(N2CCC3CCCCC32)n1. The molecule has 1 aromatic rings. The smallest absolute Gasteiger partial charge is 0.323 e. The molecule has 2 atom stereocenters. The first-order valence-corrected chi connectivity index (χ1v) is 7.65. The minimum absolute atomic E-state index is 0.418. The second-order valence-electron chi connectivity index (χ2n) is 5.52. The second kappa shape index (κ2) is 5.81. The van der Waals surface area contributed by atoms with E-state index in [-0.39, 0.29) is 0 Å². The molecule has 1 saturated heterocycles. The van der Waals surface area contributed by atoms with Gasteiger partial charge in [-0.25, -0.2) is 0 Å². The zero-order valence-electron chi connectivity index (χ0n) is 12.3. The van der Waals surface area contributed by atoms with Crippen LogP contribution in [0, 0.1) is 5.92 Å². The molecule has 1 N–H and O–H groups in total. The molecule has 3 rings (SSSR count). The molecule has 1 aliphatic carbocycles. The summed E-state index contributed by atoms with van der Waals surface area (Å²) >= 11 is 0. The van der Waals surface area contributed by atoms with E-state index in [4.69, 9.17) is 4.74 Å². The summed E-state index contributed by atoms with van der Waals surface area (Å²) in [7, 11) is 1.82. The van der Waals surface area contributed by atoms with Crippen molar-refractivity contribution in [2.24, 2.45) is 5.92 Å². The van der Waals surface area contributed by atoms with Crippen molar-refractivity contribution in [1.82, 2.24) is 15.0 Å². The molecule has 0 bridgehead atoms. The van der Waals surface area contributed by atoms with Gasteiger partial charge >= 0.3 is 6.01 Å². The van der Waals surface area contributed by atoms with Gasteiger partial charge in [-0.15, -0.1) is 0 Å². The molecule has 110 valence electrons. The highest BCUT2D eigenvalue weighted by molar-refractivity contribution is 5.40. The quantitative estimate of drug-likeness (QED) is 0.909. The van der Waals surface area contributed by atoms with Crippen molar-refractivity contribution in [3.63, 3.8) is 0 Å². The van der Waals surface area contributed by atoms with Gasteiger partial charge in [0.25, 0.3) is 0 Å². The minimum atomic E-state index is 0.418. The number of aromatic nitrogens is 3. The Labute approximate surface area is 120 Å². The molecule has 0 amide bonds. The number of ether oxygens (including phenoxy) is 1. The molecule has 1 aromatic heterocycles. The van der Waals surface area contributed by atoms with E-state index in [1.807, 2.05) is 14.0 Å². The first-order chi connectivity index (χ1) is 9.81. The summed E-state index contributed by atoms with van der Waals surface area (Å²) in [6.45, 7) is 3.56. The molecule has 2 aliphatic rings. The highest BCUT2D eigenvalue weighted by Crippen LogP contribution is 2.38. The number of hydrogen-bond acceptors (Lipinski definition) is 6. The summed E-state index contributed by atoms with van der Waals surface area (Å²) in [6.07, 6.45) is 6.56. The maximum absolute atomic E-state index is 5.46. The van der Waals surface area contributed by atoms with Crippen molar-refractivity contribution < 1.29 is 4.74 Å². The van der Waals surface area contributed by atoms with Gasteiger partial charge in [0.05, 0.1) is 6.61 Å². The van der Waals surface area contributed by atoms with Gasteiger partial charge in [0, 0.05) is 19.6 Å². The van der Waals surface area contributed by atoms with Gasteiger partial charge in [0.15, 0.2) is 0 Å². The molecule has 1 saturated carbocycles. The van der Waals surface area contributed by atoms with Crippen LogP contribution in [0.2, 0.25) is 0 Å². The number of nitrogens with zero attached hydrogens (tertiary/aromatic N) is 4. The summed E-state index contributed by atoms with van der Waals surface area (Å²) in [5.74, 6) is 2.16. The number of rotatable bonds is 4. The molecule has 6 heteroatoms. The Morgan fingerprint density at radius 3 is 2.85 bits per heavy atom. The summed E-state index contributed by atoms with van der Waals surface area (Å²) < 4.78 is 5.46. The van der Waals surface area contributed by atoms with Crippen molar-refractivity contribution >= 4 is 11.9 Å². The van der Waals surface area contributed by atoms with Gasteiger partial charge in [0.2, 0.25) is 11.9 Å². The topological polar surface area (TPSA) is 63.2 Å². The average Bonchev–Trinajstić information content (AvgIpc) is 2.91. The van der Waals surface area contributed by atoms with Crippen molar-refractivity contribution in [1.29, 1.82) is 0 Å². The number of hydrogen-bond donors (Lipinski definition) is 1. The zero-order valence-corrected chi connectivity index (χ0v) is 12.3. The van der Waals surface area contributed by atoms with Crippen molar-refractivity contribution in [2.75, 3.05) is 30.4 Å². The van der Waals surface area contributed by atoms with Crippen molar-refractivity contribution in [3.8, 4) is 6.01 Å². The predicted octanol–water partition coefficient (Wildman–Crippen LogP) is 2.08. The van der Waals surface area contributed by atoms with Gasteiger partial charge in [0.1, 0.15) is 0 Å². The van der Waals surface area contributed by atoms with Crippen molar-refractivity contribution in [3.05, 3.63) is 0 Å². The maximum Gasteiger partial charge on any atom is 0.323 e. The summed E-state index contributed by atoms with van der Waals surface area (Å²) in [4.78, 5) is 15.6. The van der Waals surface area contributed by atoms with Crippen LogP contribution in [-0.4, -0.2) is 41.2 Å². The van der Waals surface area contributed by atoms with E-state index >= 15 is 0 Å². The normalized spacial score (nSPS) is 25.4. The van der Waals surface area contributed by atoms with E-state index in [1.165, 1.54) is 32.1 Å². The fourth-order valence-corrected chi connectivity index (χ4v) is 3.43. The lowest BCUT2D eigenvalue weighted by Crippen LogP contribution is -2.36. The molecular weight excluding hydrogens is 254 g/mol. The zero-order chi connectivity index (χ0) is 13.9. The Balaban J connectivity index is 1.86. The molecule has 1 aliphatic heterocycles. The highest BCUT2D eigenvalue weighted by Gasteiger charge is 2.37. The molecule has 2 heterocycles. The fraction of sp³-hybridized carbons (Fsp3) is 0.786. The average molecular weight is 277 g/mol. The third kappa shape index (κ3) is 2.51. The van der Waals surface area contributed by atoms with Crippen LogP contribution in [-0.2, 0) is 0 Å². The fourth-order valence-electron chi connectivity index (χ4n) is 3.43. The molecular formula is C14H23N5O. The van der Waals surface area contributed by atoms with Crippen LogP contribution in [0.5, 0.6) is 6.01 Å². The van der Waals surface area contributed by atoms with E-state index < -0.39 is 0 Å². The third-order valence-electron chi connectivity index (χ3n) is 4.37. The Hall–Kier alpha value is -1.59. The lowest BCUT2D eigenvalue weighted by atomic mass is 9.85. The Bertz CT molecular complexity index is 467. The highest BCUT2D eigenvalue weighted by atomic mass is 16.5. The van der Waals surface area contributed by atoms with Gasteiger partial charge < -0.3 is 15.0 Å². The lowest BCUT2D eigenvalue weighted by molar-refractivity contribution is 0.310. The summed E-state index contributed by atoms with van der Waals surface area (Å²) in [5, 5.41) is 2.99. The van der Waals surface area contributed by atoms with Crippen LogP contribution in [0.4, 0.5) is 11.9 Å². The Kier molecular flexibility index (Phi) is 3.89. The third-order valence-corrected chi connectivity index (χ3v) is 4.37. The van der Waals surface area contributed by atoms with Gasteiger partial charge in [-0.3, -0.25) is 0 Å². The van der Waals surface area contributed by atoms with E-state index in [0.717, 1.165) is 18.4 Å². The predicted molar refractivity (Wildman–Crippen MR) is 78.3 cm³/mol.